The number of hydrogen-bond acceptors (Lipinski definition) is 3. The highest BCUT2D eigenvalue weighted by molar-refractivity contribution is 5.85. The summed E-state index contributed by atoms with van der Waals surface area (Å²) in [7, 11) is 1.92. The highest BCUT2D eigenvalue weighted by Gasteiger charge is 2.14. The number of hydrogen-bond donors (Lipinski definition) is 2. The van der Waals surface area contributed by atoms with Crippen molar-refractivity contribution >= 4 is 30.7 Å². The van der Waals surface area contributed by atoms with Crippen molar-refractivity contribution in [3.05, 3.63) is 17.0 Å². The van der Waals surface area contributed by atoms with Gasteiger partial charge in [-0.25, -0.2) is 0 Å². The first-order valence-corrected chi connectivity index (χ1v) is 6.25. The van der Waals surface area contributed by atoms with Crippen molar-refractivity contribution in [1.29, 1.82) is 0 Å². The van der Waals surface area contributed by atoms with Crippen molar-refractivity contribution in [1.82, 2.24) is 15.1 Å². The summed E-state index contributed by atoms with van der Waals surface area (Å²) in [6.45, 7) is 8.28. The molecule has 118 valence electrons. The molecular weight excluding hydrogens is 299 g/mol. The van der Waals surface area contributed by atoms with Gasteiger partial charge in [-0.15, -0.1) is 24.8 Å². The van der Waals surface area contributed by atoms with E-state index >= 15 is 0 Å². The molecule has 0 atom stereocenters. The van der Waals surface area contributed by atoms with Gasteiger partial charge in [0.15, 0.2) is 0 Å². The summed E-state index contributed by atoms with van der Waals surface area (Å²) in [5.41, 5.74) is 8.74. The van der Waals surface area contributed by atoms with Crippen LogP contribution in [0.3, 0.4) is 0 Å². The van der Waals surface area contributed by atoms with E-state index in [1.807, 2.05) is 39.4 Å². The zero-order chi connectivity index (χ0) is 13.9. The van der Waals surface area contributed by atoms with Crippen LogP contribution in [0.15, 0.2) is 0 Å². The molecule has 0 fully saturated rings. The fraction of sp³-hybridized carbons (Fsp3) is 0.692. The molecule has 0 aliphatic carbocycles. The molecule has 0 spiro atoms. The maximum absolute atomic E-state index is 11.7. The molecular formula is C13H26Cl2N4O. The van der Waals surface area contributed by atoms with Crippen LogP contribution in [-0.2, 0) is 18.3 Å². The van der Waals surface area contributed by atoms with Crippen molar-refractivity contribution in [3.63, 3.8) is 0 Å². The number of nitrogens with one attached hydrogen (secondary N) is 1. The summed E-state index contributed by atoms with van der Waals surface area (Å²) in [6.07, 6.45) is 1.20. The first kappa shape index (κ1) is 21.5. The number of aryl methyl sites for hydroxylation is 2. The van der Waals surface area contributed by atoms with Gasteiger partial charge in [0.2, 0.25) is 5.91 Å². The monoisotopic (exact) mass is 324 g/mol. The Kier molecular flexibility index (Phi) is 9.14. The average molecular weight is 325 g/mol. The lowest BCUT2D eigenvalue weighted by Crippen LogP contribution is -2.45. The predicted octanol–water partition coefficient (Wildman–Crippen LogP) is 1.67. The van der Waals surface area contributed by atoms with Crippen LogP contribution in [0.25, 0.3) is 0 Å². The second kappa shape index (κ2) is 8.49. The number of carbonyl (C=O) groups excluding carboxylic acids is 1. The first-order chi connectivity index (χ1) is 8.20. The van der Waals surface area contributed by atoms with E-state index in [4.69, 9.17) is 5.73 Å². The number of carbonyl (C=O) groups is 1. The lowest BCUT2D eigenvalue weighted by atomic mass is 10.1. The summed E-state index contributed by atoms with van der Waals surface area (Å²) in [6, 6.07) is 0. The fourth-order valence-electron chi connectivity index (χ4n) is 1.83. The van der Waals surface area contributed by atoms with Crippen LogP contribution in [0.2, 0.25) is 0 Å². The van der Waals surface area contributed by atoms with Crippen LogP contribution >= 0.6 is 24.8 Å². The van der Waals surface area contributed by atoms with Crippen molar-refractivity contribution < 1.29 is 4.79 Å². The van der Waals surface area contributed by atoms with Crippen molar-refractivity contribution in [2.45, 2.75) is 46.1 Å². The van der Waals surface area contributed by atoms with E-state index in [9.17, 15) is 4.79 Å². The molecule has 1 rings (SSSR count). The van der Waals surface area contributed by atoms with Gasteiger partial charge in [0.25, 0.3) is 0 Å². The zero-order valence-corrected chi connectivity index (χ0v) is 14.5. The van der Waals surface area contributed by atoms with Gasteiger partial charge < -0.3 is 11.1 Å². The van der Waals surface area contributed by atoms with Crippen molar-refractivity contribution in [2.75, 3.05) is 6.54 Å². The Morgan fingerprint density at radius 3 is 2.30 bits per heavy atom. The summed E-state index contributed by atoms with van der Waals surface area (Å²) in [4.78, 5) is 11.7. The molecule has 0 unspecified atom stereocenters. The number of nitrogens with zero attached hydrogens (tertiary/aromatic N) is 2. The molecule has 7 heteroatoms. The van der Waals surface area contributed by atoms with Crippen LogP contribution in [0.1, 0.15) is 37.2 Å². The van der Waals surface area contributed by atoms with Gasteiger partial charge in [-0.2, -0.15) is 5.10 Å². The van der Waals surface area contributed by atoms with E-state index in [2.05, 4.69) is 10.4 Å². The fourth-order valence-corrected chi connectivity index (χ4v) is 1.83. The van der Waals surface area contributed by atoms with Gasteiger partial charge in [0.05, 0.1) is 5.69 Å². The Bertz CT molecular complexity index is 438. The maximum Gasteiger partial charge on any atom is 0.220 e. The zero-order valence-electron chi connectivity index (χ0n) is 12.8. The smallest absolute Gasteiger partial charge is 0.220 e. The van der Waals surface area contributed by atoms with Gasteiger partial charge >= 0.3 is 0 Å². The summed E-state index contributed by atoms with van der Waals surface area (Å²) in [5.74, 6) is 0.0381. The summed E-state index contributed by atoms with van der Waals surface area (Å²) < 4.78 is 1.85. The molecule has 1 aromatic heterocycles. The first-order valence-electron chi connectivity index (χ1n) is 6.25. The molecule has 0 aliphatic rings. The van der Waals surface area contributed by atoms with Gasteiger partial charge in [-0.1, -0.05) is 0 Å². The van der Waals surface area contributed by atoms with Crippen molar-refractivity contribution in [2.24, 2.45) is 12.8 Å². The number of aromatic nitrogens is 2. The second-order valence-electron chi connectivity index (χ2n) is 5.54. The molecule has 0 bridgehead atoms. The molecule has 20 heavy (non-hydrogen) atoms. The van der Waals surface area contributed by atoms with Crippen LogP contribution in [0.5, 0.6) is 0 Å². The quantitative estimate of drug-likeness (QED) is 0.865. The van der Waals surface area contributed by atoms with E-state index in [1.54, 1.807) is 0 Å². The number of halogens is 2. The normalized spacial score (nSPS) is 10.5. The van der Waals surface area contributed by atoms with Gasteiger partial charge in [0, 0.05) is 31.2 Å². The predicted molar refractivity (Wildman–Crippen MR) is 86.8 cm³/mol. The standard InChI is InChI=1S/C13H24N4O.2ClH/c1-9-11(10(2)17(5)16-9)6-7-12(18)15-8-13(3,4)14;;/h6-8,14H2,1-5H3,(H,15,18);2*1H. The van der Waals surface area contributed by atoms with E-state index < -0.39 is 0 Å². The Hall–Kier alpha value is -0.780. The van der Waals surface area contributed by atoms with Crippen LogP contribution in [0, 0.1) is 13.8 Å². The summed E-state index contributed by atoms with van der Waals surface area (Å²) >= 11 is 0. The Morgan fingerprint density at radius 2 is 1.90 bits per heavy atom. The van der Waals surface area contributed by atoms with Crippen LogP contribution in [0.4, 0.5) is 0 Å². The lowest BCUT2D eigenvalue weighted by molar-refractivity contribution is -0.121. The molecule has 0 saturated heterocycles. The third-order valence-electron chi connectivity index (χ3n) is 3.00. The minimum absolute atomic E-state index is 0. The maximum atomic E-state index is 11.7. The minimum atomic E-state index is -0.365. The Labute approximate surface area is 133 Å². The van der Waals surface area contributed by atoms with E-state index in [-0.39, 0.29) is 36.3 Å². The Morgan fingerprint density at radius 1 is 1.35 bits per heavy atom. The third-order valence-corrected chi connectivity index (χ3v) is 3.00. The molecule has 0 aliphatic heterocycles. The van der Waals surface area contributed by atoms with E-state index in [0.717, 1.165) is 17.8 Å². The minimum Gasteiger partial charge on any atom is -0.354 e. The molecule has 0 radical (unpaired) electrons. The van der Waals surface area contributed by atoms with Gasteiger partial charge in [-0.05, 0) is 39.7 Å². The average Bonchev–Trinajstić information content (AvgIpc) is 2.47. The molecule has 1 heterocycles. The largest absolute Gasteiger partial charge is 0.354 e. The van der Waals surface area contributed by atoms with Crippen molar-refractivity contribution in [3.8, 4) is 0 Å². The van der Waals surface area contributed by atoms with Gasteiger partial charge in [-0.3, -0.25) is 9.48 Å². The Balaban J connectivity index is 0. The summed E-state index contributed by atoms with van der Waals surface area (Å²) in [5, 5.41) is 7.19. The third kappa shape index (κ3) is 6.59. The number of amides is 1. The van der Waals surface area contributed by atoms with Crippen LogP contribution < -0.4 is 11.1 Å². The topological polar surface area (TPSA) is 72.9 Å². The second-order valence-corrected chi connectivity index (χ2v) is 5.54. The molecule has 3 N–H and O–H groups in total. The highest BCUT2D eigenvalue weighted by Crippen LogP contribution is 2.13. The lowest BCUT2D eigenvalue weighted by Gasteiger charge is -2.18. The molecule has 0 aromatic carbocycles. The SMILES string of the molecule is Cc1nn(C)c(C)c1CCC(=O)NCC(C)(C)N.Cl.Cl. The molecule has 1 amide bonds. The van der Waals surface area contributed by atoms with E-state index in [0.29, 0.717) is 13.0 Å². The molecule has 0 saturated carbocycles. The van der Waals surface area contributed by atoms with Crippen LogP contribution in [-0.4, -0.2) is 27.8 Å². The molecule has 1 aromatic rings. The highest BCUT2D eigenvalue weighted by atomic mass is 35.5. The number of rotatable bonds is 5. The molecule has 5 nitrogen and oxygen atoms in total. The number of nitrogens with two attached hydrogens (primary N) is 1. The van der Waals surface area contributed by atoms with E-state index in [1.165, 1.54) is 5.56 Å². The van der Waals surface area contributed by atoms with Gasteiger partial charge in [0.1, 0.15) is 0 Å².